The lowest BCUT2D eigenvalue weighted by molar-refractivity contribution is -0.612. The first-order valence-electron chi connectivity index (χ1n) is 15.4. The van der Waals surface area contributed by atoms with Gasteiger partial charge < -0.3 is 23.3 Å². The molecule has 0 atom stereocenters. The van der Waals surface area contributed by atoms with Crippen molar-refractivity contribution in [3.63, 3.8) is 0 Å². The predicted octanol–water partition coefficient (Wildman–Crippen LogP) is 4.20. The van der Waals surface area contributed by atoms with Crippen molar-refractivity contribution in [2.24, 2.45) is 11.1 Å². The van der Waals surface area contributed by atoms with Gasteiger partial charge >= 0.3 is 22.3 Å². The van der Waals surface area contributed by atoms with Crippen LogP contribution in [-0.4, -0.2) is 80.1 Å². The predicted molar refractivity (Wildman–Crippen MR) is 177 cm³/mol. The third-order valence-corrected chi connectivity index (χ3v) is 9.81. The number of carbonyl (C=O) groups excluding carboxylic acids is 3. The molecule has 3 heterocycles. The summed E-state index contributed by atoms with van der Waals surface area (Å²) in [5.41, 5.74) is 4.11. The average molecular weight is 740 g/mol. The minimum atomic E-state index is -4.48. The zero-order chi connectivity index (χ0) is 34.9. The summed E-state index contributed by atoms with van der Waals surface area (Å²) >= 11 is 3.52. The molecule has 0 unspecified atom stereocenters. The van der Waals surface area contributed by atoms with Crippen LogP contribution >= 0.6 is 15.9 Å². The lowest BCUT2D eigenvalue weighted by Crippen LogP contribution is -2.57. The number of aryl methyl sites for hydroxylation is 1. The number of amides is 1. The summed E-state index contributed by atoms with van der Waals surface area (Å²) in [6.07, 6.45) is 5.40. The van der Waals surface area contributed by atoms with Gasteiger partial charge in [-0.1, -0.05) is 33.2 Å². The topological polar surface area (TPSA) is 159 Å². The molecule has 0 spiro atoms. The number of aromatic nitrogens is 1. The van der Waals surface area contributed by atoms with Gasteiger partial charge in [0.25, 0.3) is 5.91 Å². The summed E-state index contributed by atoms with van der Waals surface area (Å²) < 4.78 is 29.9. The van der Waals surface area contributed by atoms with E-state index < -0.39 is 22.3 Å². The number of carbonyl (C=O) groups is 3. The SMILES string of the molecule is CC(=O)OS(=O)(=O)OC(C)=O.CCO/N=C(/c1ccc(Br)cc1)C1CCN(C2(C)CCN(C(=O)c3c(C)cc[n+]([O-])c3C)CC2)CC1. The molecule has 13 nitrogen and oxygen atoms in total. The second-order valence-corrected chi connectivity index (χ2v) is 13.9. The van der Waals surface area contributed by atoms with Crippen LogP contribution < -0.4 is 4.73 Å². The number of halogens is 1. The van der Waals surface area contributed by atoms with E-state index in [-0.39, 0.29) is 11.4 Å². The molecule has 2 aromatic rings. The fraction of sp³-hybridized carbons (Fsp3) is 0.531. The van der Waals surface area contributed by atoms with Crippen molar-refractivity contribution < 1.29 is 40.7 Å². The van der Waals surface area contributed by atoms with Gasteiger partial charge in [-0.25, -0.2) is 0 Å². The van der Waals surface area contributed by atoms with E-state index in [0.717, 1.165) is 78.7 Å². The van der Waals surface area contributed by atoms with Crippen LogP contribution in [0.5, 0.6) is 0 Å². The Kier molecular flexibility index (Phi) is 13.3. The molecule has 1 aromatic heterocycles. The molecule has 258 valence electrons. The summed E-state index contributed by atoms with van der Waals surface area (Å²) in [4.78, 5) is 43.4. The first-order chi connectivity index (χ1) is 22.1. The highest BCUT2D eigenvalue weighted by Crippen LogP contribution is 2.34. The fourth-order valence-corrected chi connectivity index (χ4v) is 6.75. The van der Waals surface area contributed by atoms with Gasteiger partial charge in [-0.05, 0) is 82.8 Å². The Morgan fingerprint density at radius 2 is 1.55 bits per heavy atom. The molecular formula is C32H43BrN4O9S. The number of rotatable bonds is 8. The lowest BCUT2D eigenvalue weighted by atomic mass is 9.82. The molecule has 0 radical (unpaired) electrons. The van der Waals surface area contributed by atoms with Crippen molar-refractivity contribution in [2.75, 3.05) is 32.8 Å². The Labute approximate surface area is 284 Å². The highest BCUT2D eigenvalue weighted by molar-refractivity contribution is 9.10. The van der Waals surface area contributed by atoms with Crippen LogP contribution in [0.25, 0.3) is 0 Å². The summed E-state index contributed by atoms with van der Waals surface area (Å²) in [6, 6.07) is 10.0. The zero-order valence-electron chi connectivity index (χ0n) is 27.7. The molecule has 0 aliphatic carbocycles. The number of hydrogen-bond donors (Lipinski definition) is 0. The van der Waals surface area contributed by atoms with Gasteiger partial charge in [0.1, 0.15) is 12.2 Å². The fourth-order valence-electron chi connectivity index (χ4n) is 5.87. The Bertz CT molecular complexity index is 1540. The van der Waals surface area contributed by atoms with Gasteiger partial charge in [-0.2, -0.15) is 4.73 Å². The van der Waals surface area contributed by atoms with Crippen molar-refractivity contribution in [3.05, 3.63) is 68.6 Å². The van der Waals surface area contributed by atoms with E-state index in [1.807, 2.05) is 18.7 Å². The Hall–Kier alpha value is -3.56. The molecule has 2 fully saturated rings. The first kappa shape index (κ1) is 37.9. The van der Waals surface area contributed by atoms with Gasteiger partial charge in [0.15, 0.2) is 6.20 Å². The summed E-state index contributed by atoms with van der Waals surface area (Å²) in [7, 11) is -4.48. The Morgan fingerprint density at radius 3 is 2.06 bits per heavy atom. The minimum absolute atomic E-state index is 0.0257. The van der Waals surface area contributed by atoms with Crippen molar-refractivity contribution in [2.45, 2.75) is 72.8 Å². The van der Waals surface area contributed by atoms with Crippen LogP contribution in [0.15, 0.2) is 46.2 Å². The number of nitrogens with zero attached hydrogens (tertiary/aromatic N) is 4. The van der Waals surface area contributed by atoms with E-state index >= 15 is 0 Å². The van der Waals surface area contributed by atoms with E-state index in [4.69, 9.17) is 4.84 Å². The van der Waals surface area contributed by atoms with Crippen LogP contribution in [0, 0.1) is 25.0 Å². The lowest BCUT2D eigenvalue weighted by Gasteiger charge is -2.49. The number of likely N-dealkylation sites (tertiary alicyclic amines) is 2. The molecular weight excluding hydrogens is 696 g/mol. The molecule has 0 bridgehead atoms. The summed E-state index contributed by atoms with van der Waals surface area (Å²) in [6.45, 7) is 13.7. The standard InChI is InChI=1S/C28H37BrN4O3.C4H6O6S/c1-5-36-30-26(22-6-8-24(29)9-7-22)23-11-15-32(16-12-23)28(4)13-18-31(19-14-28)27(34)25-20(2)10-17-33(35)21(25)3;1-3(5)9-11(7,8)10-4(2)6/h6-10,17,23H,5,11-16,18-19H2,1-4H3;1-2H3/b30-26-;. The van der Waals surface area contributed by atoms with Crippen LogP contribution in [0.1, 0.15) is 80.6 Å². The number of oxime groups is 1. The average Bonchev–Trinajstić information content (AvgIpc) is 3.00. The first-order valence-corrected chi connectivity index (χ1v) is 17.5. The molecule has 2 aliphatic rings. The van der Waals surface area contributed by atoms with E-state index in [1.54, 1.807) is 13.0 Å². The van der Waals surface area contributed by atoms with Gasteiger partial charge in [-0.15, -0.1) is 8.42 Å². The largest absolute Gasteiger partial charge is 0.618 e. The van der Waals surface area contributed by atoms with Crippen molar-refractivity contribution in [3.8, 4) is 0 Å². The Balaban J connectivity index is 0.000000468. The number of pyridine rings is 1. The summed E-state index contributed by atoms with van der Waals surface area (Å²) in [5, 5.41) is 16.6. The molecule has 1 aromatic carbocycles. The zero-order valence-corrected chi connectivity index (χ0v) is 30.1. The number of hydrogen-bond acceptors (Lipinski definition) is 11. The van der Waals surface area contributed by atoms with E-state index in [0.29, 0.717) is 36.9 Å². The van der Waals surface area contributed by atoms with E-state index in [9.17, 15) is 28.0 Å². The van der Waals surface area contributed by atoms with Gasteiger partial charge in [0.05, 0.1) is 5.71 Å². The number of benzene rings is 1. The third-order valence-electron chi connectivity index (χ3n) is 8.40. The molecule has 0 N–H and O–H groups in total. The molecule has 2 aliphatic heterocycles. The molecule has 0 saturated carbocycles. The second-order valence-electron chi connectivity index (χ2n) is 11.8. The Morgan fingerprint density at radius 1 is 1.00 bits per heavy atom. The molecule has 2 saturated heterocycles. The van der Waals surface area contributed by atoms with Crippen LogP contribution in [0.2, 0.25) is 0 Å². The van der Waals surface area contributed by atoms with E-state index in [2.05, 4.69) is 65.5 Å². The van der Waals surface area contributed by atoms with Gasteiger partial charge in [0, 0.05) is 55.9 Å². The van der Waals surface area contributed by atoms with Crippen LogP contribution in [-0.2, 0) is 33.2 Å². The third kappa shape index (κ3) is 10.5. The van der Waals surface area contributed by atoms with Crippen LogP contribution in [0.3, 0.4) is 0 Å². The van der Waals surface area contributed by atoms with Crippen molar-refractivity contribution >= 4 is 49.9 Å². The van der Waals surface area contributed by atoms with Gasteiger partial charge in [0.2, 0.25) is 5.69 Å². The summed E-state index contributed by atoms with van der Waals surface area (Å²) in [5.74, 6) is -1.79. The van der Waals surface area contributed by atoms with Crippen molar-refractivity contribution in [1.29, 1.82) is 0 Å². The molecule has 4 rings (SSSR count). The maximum atomic E-state index is 13.3. The number of piperidine rings is 2. The van der Waals surface area contributed by atoms with Crippen LogP contribution in [0.4, 0.5) is 0 Å². The van der Waals surface area contributed by atoms with Crippen molar-refractivity contribution in [1.82, 2.24) is 9.80 Å². The molecule has 15 heteroatoms. The second kappa shape index (κ2) is 16.5. The maximum Gasteiger partial charge on any atom is 0.506 e. The minimum Gasteiger partial charge on any atom is -0.618 e. The maximum absolute atomic E-state index is 13.3. The van der Waals surface area contributed by atoms with Gasteiger partial charge in [-0.3, -0.25) is 19.3 Å². The normalized spacial score (nSPS) is 17.3. The molecule has 47 heavy (non-hydrogen) atoms. The monoisotopic (exact) mass is 738 g/mol. The highest BCUT2D eigenvalue weighted by Gasteiger charge is 2.40. The highest BCUT2D eigenvalue weighted by atomic mass is 79.9. The van der Waals surface area contributed by atoms with E-state index in [1.165, 1.54) is 6.20 Å². The quantitative estimate of drug-likeness (QED) is 0.166. The molecule has 1 amide bonds. The smallest absolute Gasteiger partial charge is 0.506 e.